The van der Waals surface area contributed by atoms with E-state index in [2.05, 4.69) is 43.0 Å². The second kappa shape index (κ2) is 7.93. The first-order valence-corrected chi connectivity index (χ1v) is 9.76. The molecule has 0 bridgehead atoms. The Morgan fingerprint density at radius 2 is 1.74 bits per heavy atom. The fourth-order valence-electron chi connectivity index (χ4n) is 3.19. The van der Waals surface area contributed by atoms with Gasteiger partial charge in [0.2, 0.25) is 10.8 Å². The Labute approximate surface area is 162 Å². The van der Waals surface area contributed by atoms with Crippen LogP contribution < -0.4 is 0 Å². The average Bonchev–Trinajstić information content (AvgIpc) is 3.19. The molecule has 3 aromatic rings. The second-order valence-corrected chi connectivity index (χ2v) is 8.51. The summed E-state index contributed by atoms with van der Waals surface area (Å²) < 4.78 is 1.41. The summed E-state index contributed by atoms with van der Waals surface area (Å²) in [4.78, 5) is 7.42. The summed E-state index contributed by atoms with van der Waals surface area (Å²) in [5.74, 6) is 0.0401. The summed E-state index contributed by atoms with van der Waals surface area (Å²) in [7, 11) is 0. The summed E-state index contributed by atoms with van der Waals surface area (Å²) in [5.41, 5.74) is 2.23. The molecule has 8 heteroatoms. The van der Waals surface area contributed by atoms with Crippen LogP contribution >= 0.6 is 11.3 Å². The maximum absolute atomic E-state index is 10.7. The molecule has 0 spiro atoms. The first-order valence-electron chi connectivity index (χ1n) is 8.94. The molecule has 3 N–H and O–H groups in total. The van der Waals surface area contributed by atoms with E-state index in [9.17, 15) is 15.3 Å². The summed E-state index contributed by atoms with van der Waals surface area (Å²) in [5, 5.41) is 33.8. The number of thiazole rings is 1. The normalized spacial score (nSPS) is 13.6. The number of aromatic nitrogens is 3. The number of benzene rings is 1. The molecule has 0 fully saturated rings. The molecule has 3 rings (SSSR count). The Hall–Kier alpha value is -2.00. The van der Waals surface area contributed by atoms with Gasteiger partial charge in [-0.3, -0.25) is 4.90 Å². The highest BCUT2D eigenvalue weighted by molar-refractivity contribution is 7.17. The predicted molar refractivity (Wildman–Crippen MR) is 105 cm³/mol. The highest BCUT2D eigenvalue weighted by Crippen LogP contribution is 2.40. The third-order valence-electron chi connectivity index (χ3n) is 4.62. The molecule has 0 saturated heterocycles. The number of fused-ring (bicyclic) bond motifs is 1. The molecule has 0 aliphatic heterocycles. The summed E-state index contributed by atoms with van der Waals surface area (Å²) in [6, 6.07) is 7.95. The lowest BCUT2D eigenvalue weighted by Crippen LogP contribution is -2.34. The third kappa shape index (κ3) is 3.98. The van der Waals surface area contributed by atoms with Crippen molar-refractivity contribution >= 4 is 16.3 Å². The number of rotatable bonds is 7. The van der Waals surface area contributed by atoms with Gasteiger partial charge >= 0.3 is 0 Å². The zero-order chi connectivity index (χ0) is 19.6. The lowest BCUT2D eigenvalue weighted by atomic mass is 9.86. The lowest BCUT2D eigenvalue weighted by molar-refractivity contribution is 0.136. The van der Waals surface area contributed by atoms with Crippen molar-refractivity contribution in [2.24, 2.45) is 0 Å². The largest absolute Gasteiger partial charge is 0.492 e. The van der Waals surface area contributed by atoms with Crippen LogP contribution in [0.2, 0.25) is 0 Å². The minimum atomic E-state index is -0.313. The van der Waals surface area contributed by atoms with Crippen molar-refractivity contribution in [3.8, 4) is 5.88 Å². The van der Waals surface area contributed by atoms with Crippen molar-refractivity contribution in [2.45, 2.75) is 32.2 Å². The quantitative estimate of drug-likeness (QED) is 0.572. The van der Waals surface area contributed by atoms with Crippen LogP contribution in [0.5, 0.6) is 5.88 Å². The molecule has 146 valence electrons. The van der Waals surface area contributed by atoms with Crippen LogP contribution in [0.15, 0.2) is 30.6 Å². The number of aliphatic hydroxyl groups excluding tert-OH is 2. The monoisotopic (exact) mass is 390 g/mol. The molecule has 0 amide bonds. The van der Waals surface area contributed by atoms with Gasteiger partial charge < -0.3 is 15.3 Å². The fourth-order valence-corrected chi connectivity index (χ4v) is 4.28. The molecule has 2 heterocycles. The first-order chi connectivity index (χ1) is 12.9. The van der Waals surface area contributed by atoms with Gasteiger partial charge in [0.1, 0.15) is 6.33 Å². The molecule has 2 aromatic heterocycles. The molecule has 27 heavy (non-hydrogen) atoms. The van der Waals surface area contributed by atoms with E-state index in [0.717, 1.165) is 5.56 Å². The second-order valence-electron chi connectivity index (χ2n) is 7.50. The zero-order valence-electron chi connectivity index (χ0n) is 15.8. The Kier molecular flexibility index (Phi) is 5.81. The highest BCUT2D eigenvalue weighted by atomic mass is 32.1. The third-order valence-corrected chi connectivity index (χ3v) is 5.71. The van der Waals surface area contributed by atoms with Gasteiger partial charge in [-0.15, -0.1) is 0 Å². The molecule has 1 unspecified atom stereocenters. The Balaban J connectivity index is 2.09. The van der Waals surface area contributed by atoms with Gasteiger partial charge in [0.15, 0.2) is 0 Å². The number of aromatic hydroxyl groups is 1. The molecule has 0 aliphatic rings. The number of nitrogens with zero attached hydrogens (tertiary/aromatic N) is 4. The standard InChI is InChI=1S/C19H26N4O3S/c1-19(2,3)14-6-4-13(5-7-14)15(22(8-10-24)9-11-25)16-17(26)23-18(27-16)20-12-21-23/h4-7,12,15,24-26H,8-11H2,1-3H3. The first kappa shape index (κ1) is 19.8. The molecular formula is C19H26N4O3S. The minimum Gasteiger partial charge on any atom is -0.492 e. The summed E-state index contributed by atoms with van der Waals surface area (Å²) in [6.07, 6.45) is 1.40. The maximum Gasteiger partial charge on any atom is 0.230 e. The van der Waals surface area contributed by atoms with E-state index in [1.807, 2.05) is 17.0 Å². The lowest BCUT2D eigenvalue weighted by Gasteiger charge is -2.31. The predicted octanol–water partition coefficient (Wildman–Crippen LogP) is 2.17. The smallest absolute Gasteiger partial charge is 0.230 e. The topological polar surface area (TPSA) is 94.1 Å². The molecule has 7 nitrogen and oxygen atoms in total. The van der Waals surface area contributed by atoms with Gasteiger partial charge in [-0.2, -0.15) is 9.61 Å². The Morgan fingerprint density at radius 1 is 1.11 bits per heavy atom. The van der Waals surface area contributed by atoms with Gasteiger partial charge in [0, 0.05) is 13.1 Å². The Bertz CT molecular complexity index is 877. The fraction of sp³-hybridized carbons (Fsp3) is 0.474. The van der Waals surface area contributed by atoms with Crippen LogP contribution in [0.1, 0.15) is 42.8 Å². The van der Waals surface area contributed by atoms with Gasteiger partial charge in [0.25, 0.3) is 0 Å². The van der Waals surface area contributed by atoms with E-state index in [0.29, 0.717) is 22.9 Å². The van der Waals surface area contributed by atoms with E-state index in [1.165, 1.54) is 27.7 Å². The van der Waals surface area contributed by atoms with Crippen molar-refractivity contribution in [3.05, 3.63) is 46.6 Å². The Morgan fingerprint density at radius 3 is 2.26 bits per heavy atom. The van der Waals surface area contributed by atoms with Gasteiger partial charge in [-0.25, -0.2) is 4.98 Å². The van der Waals surface area contributed by atoms with E-state index in [1.54, 1.807) is 0 Å². The van der Waals surface area contributed by atoms with Gasteiger partial charge in [0.05, 0.1) is 24.1 Å². The van der Waals surface area contributed by atoms with E-state index in [4.69, 9.17) is 0 Å². The van der Waals surface area contributed by atoms with Crippen LogP contribution in [-0.2, 0) is 5.41 Å². The number of hydrogen-bond donors (Lipinski definition) is 3. The van der Waals surface area contributed by atoms with Crippen LogP contribution in [0.25, 0.3) is 4.96 Å². The van der Waals surface area contributed by atoms with Crippen molar-refractivity contribution in [3.63, 3.8) is 0 Å². The van der Waals surface area contributed by atoms with Gasteiger partial charge in [-0.1, -0.05) is 56.4 Å². The average molecular weight is 391 g/mol. The van der Waals surface area contributed by atoms with E-state index < -0.39 is 0 Å². The minimum absolute atomic E-state index is 0.0401. The molecule has 1 aromatic carbocycles. The summed E-state index contributed by atoms with van der Waals surface area (Å²) in [6.45, 7) is 7.15. The van der Waals surface area contributed by atoms with Crippen LogP contribution in [0, 0.1) is 0 Å². The summed E-state index contributed by atoms with van der Waals surface area (Å²) >= 11 is 1.36. The van der Waals surface area contributed by atoms with Crippen molar-refractivity contribution in [2.75, 3.05) is 26.3 Å². The SMILES string of the molecule is CC(C)(C)c1ccc(C(c2sc3ncnn3c2O)N(CCO)CCO)cc1. The molecule has 1 atom stereocenters. The molecule has 0 saturated carbocycles. The van der Waals surface area contributed by atoms with E-state index >= 15 is 0 Å². The highest BCUT2D eigenvalue weighted by Gasteiger charge is 2.29. The number of aliphatic hydroxyl groups is 2. The van der Waals surface area contributed by atoms with Crippen molar-refractivity contribution in [1.29, 1.82) is 0 Å². The molecule has 0 aliphatic carbocycles. The molecule has 0 radical (unpaired) electrons. The maximum atomic E-state index is 10.7. The van der Waals surface area contributed by atoms with Crippen molar-refractivity contribution < 1.29 is 15.3 Å². The number of hydrogen-bond acceptors (Lipinski definition) is 7. The van der Waals surface area contributed by atoms with Crippen LogP contribution in [-0.4, -0.2) is 61.1 Å². The zero-order valence-corrected chi connectivity index (χ0v) is 16.6. The van der Waals surface area contributed by atoms with Gasteiger partial charge in [-0.05, 0) is 16.5 Å². The van der Waals surface area contributed by atoms with E-state index in [-0.39, 0.29) is 30.6 Å². The van der Waals surface area contributed by atoms with Crippen LogP contribution in [0.3, 0.4) is 0 Å². The van der Waals surface area contributed by atoms with Crippen molar-refractivity contribution in [1.82, 2.24) is 19.5 Å². The molecular weight excluding hydrogens is 364 g/mol. The van der Waals surface area contributed by atoms with Crippen LogP contribution in [0.4, 0.5) is 0 Å².